The lowest BCUT2D eigenvalue weighted by Crippen LogP contribution is -2.30. The first-order chi connectivity index (χ1) is 7.70. The van der Waals surface area contributed by atoms with Crippen LogP contribution in [0.2, 0.25) is 0 Å². The predicted molar refractivity (Wildman–Crippen MR) is 65.2 cm³/mol. The SMILES string of the molecule is CCc1ccc2c(c1)[C@@H](NC(C)F)CCC2. The van der Waals surface area contributed by atoms with Gasteiger partial charge < -0.3 is 0 Å². The summed E-state index contributed by atoms with van der Waals surface area (Å²) in [5.74, 6) is 0. The van der Waals surface area contributed by atoms with Crippen LogP contribution in [0.1, 0.15) is 49.4 Å². The van der Waals surface area contributed by atoms with E-state index in [9.17, 15) is 4.39 Å². The van der Waals surface area contributed by atoms with E-state index >= 15 is 0 Å². The standard InChI is InChI=1S/C14H20FN/c1-3-11-7-8-12-5-4-6-14(13(12)9-11)16-10(2)15/h7-10,14,16H,3-6H2,1-2H3/t10?,14-/m0/s1. The van der Waals surface area contributed by atoms with Gasteiger partial charge in [-0.1, -0.05) is 25.1 Å². The lowest BCUT2D eigenvalue weighted by Gasteiger charge is -2.27. The number of rotatable bonds is 3. The van der Waals surface area contributed by atoms with Crippen molar-refractivity contribution in [3.63, 3.8) is 0 Å². The molecule has 0 bridgehead atoms. The van der Waals surface area contributed by atoms with Gasteiger partial charge in [-0.2, -0.15) is 0 Å². The highest BCUT2D eigenvalue weighted by atomic mass is 19.1. The molecule has 0 aromatic heterocycles. The van der Waals surface area contributed by atoms with Crippen LogP contribution in [0.4, 0.5) is 4.39 Å². The quantitative estimate of drug-likeness (QED) is 0.770. The Labute approximate surface area is 97.1 Å². The zero-order chi connectivity index (χ0) is 11.5. The summed E-state index contributed by atoms with van der Waals surface area (Å²) in [6.07, 6.45) is 3.46. The van der Waals surface area contributed by atoms with E-state index in [0.29, 0.717) is 0 Å². The molecule has 1 unspecified atom stereocenters. The number of fused-ring (bicyclic) bond motifs is 1. The fourth-order valence-electron chi connectivity index (χ4n) is 2.52. The third kappa shape index (κ3) is 2.43. The molecule has 1 N–H and O–H groups in total. The van der Waals surface area contributed by atoms with Gasteiger partial charge in [-0.25, -0.2) is 4.39 Å². The van der Waals surface area contributed by atoms with Crippen molar-refractivity contribution in [1.82, 2.24) is 5.32 Å². The molecule has 0 spiro atoms. The normalized spacial score (nSPS) is 21.6. The van der Waals surface area contributed by atoms with Gasteiger partial charge in [-0.05, 0) is 49.3 Å². The summed E-state index contributed by atoms with van der Waals surface area (Å²) in [5, 5.41) is 3.02. The van der Waals surface area contributed by atoms with Crippen molar-refractivity contribution in [3.05, 3.63) is 34.9 Å². The molecule has 0 fully saturated rings. The molecule has 0 amide bonds. The minimum Gasteiger partial charge on any atom is -0.281 e. The van der Waals surface area contributed by atoms with E-state index in [1.54, 1.807) is 6.92 Å². The molecule has 0 saturated heterocycles. The van der Waals surface area contributed by atoms with Crippen LogP contribution in [-0.4, -0.2) is 6.30 Å². The second-order valence-electron chi connectivity index (χ2n) is 4.61. The number of hydrogen-bond donors (Lipinski definition) is 1. The monoisotopic (exact) mass is 221 g/mol. The van der Waals surface area contributed by atoms with Crippen molar-refractivity contribution in [2.24, 2.45) is 0 Å². The van der Waals surface area contributed by atoms with Gasteiger partial charge in [0.05, 0.1) is 0 Å². The fraction of sp³-hybridized carbons (Fsp3) is 0.571. The van der Waals surface area contributed by atoms with Crippen molar-refractivity contribution in [2.75, 3.05) is 0 Å². The Kier molecular flexibility index (Phi) is 3.59. The number of hydrogen-bond acceptors (Lipinski definition) is 1. The number of halogens is 1. The van der Waals surface area contributed by atoms with Crippen LogP contribution in [0.25, 0.3) is 0 Å². The van der Waals surface area contributed by atoms with Gasteiger partial charge in [-0.3, -0.25) is 5.32 Å². The van der Waals surface area contributed by atoms with Crippen molar-refractivity contribution in [2.45, 2.75) is 51.9 Å². The largest absolute Gasteiger partial charge is 0.281 e. The number of alkyl halides is 1. The first-order valence-electron chi connectivity index (χ1n) is 6.22. The molecule has 0 radical (unpaired) electrons. The minimum absolute atomic E-state index is 0.204. The maximum atomic E-state index is 13.1. The minimum atomic E-state index is -0.929. The highest BCUT2D eigenvalue weighted by Crippen LogP contribution is 2.31. The van der Waals surface area contributed by atoms with Crippen LogP contribution in [0, 0.1) is 0 Å². The van der Waals surface area contributed by atoms with Crippen LogP contribution < -0.4 is 5.32 Å². The highest BCUT2D eigenvalue weighted by Gasteiger charge is 2.21. The Bertz CT molecular complexity index is 360. The smallest absolute Gasteiger partial charge is 0.148 e. The molecule has 2 atom stereocenters. The lowest BCUT2D eigenvalue weighted by molar-refractivity contribution is 0.256. The van der Waals surface area contributed by atoms with Crippen LogP contribution >= 0.6 is 0 Å². The van der Waals surface area contributed by atoms with Gasteiger partial charge in [0.25, 0.3) is 0 Å². The van der Waals surface area contributed by atoms with Crippen molar-refractivity contribution in [1.29, 1.82) is 0 Å². The molecule has 0 heterocycles. The first-order valence-corrected chi connectivity index (χ1v) is 6.22. The molecule has 16 heavy (non-hydrogen) atoms. The van der Waals surface area contributed by atoms with Gasteiger partial charge >= 0.3 is 0 Å². The average molecular weight is 221 g/mol. The molecular formula is C14H20FN. The maximum absolute atomic E-state index is 13.1. The van der Waals surface area contributed by atoms with Gasteiger partial charge in [0.1, 0.15) is 6.30 Å². The molecule has 1 aromatic rings. The van der Waals surface area contributed by atoms with E-state index in [1.807, 2.05) is 0 Å². The van der Waals surface area contributed by atoms with Crippen LogP contribution in [0.3, 0.4) is 0 Å². The topological polar surface area (TPSA) is 12.0 Å². The van der Waals surface area contributed by atoms with Crippen LogP contribution in [0.5, 0.6) is 0 Å². The summed E-state index contributed by atoms with van der Waals surface area (Å²) < 4.78 is 13.1. The third-order valence-corrected chi connectivity index (χ3v) is 3.36. The van der Waals surface area contributed by atoms with E-state index in [1.165, 1.54) is 16.7 Å². The zero-order valence-corrected chi connectivity index (χ0v) is 10.1. The number of aryl methyl sites for hydroxylation is 2. The molecule has 1 aliphatic carbocycles. The van der Waals surface area contributed by atoms with E-state index in [4.69, 9.17) is 0 Å². The summed E-state index contributed by atoms with van der Waals surface area (Å²) in [4.78, 5) is 0. The lowest BCUT2D eigenvalue weighted by atomic mass is 9.86. The van der Waals surface area contributed by atoms with Crippen molar-refractivity contribution >= 4 is 0 Å². The Morgan fingerprint density at radius 3 is 3.00 bits per heavy atom. The van der Waals surface area contributed by atoms with Crippen LogP contribution in [0.15, 0.2) is 18.2 Å². The van der Waals surface area contributed by atoms with Crippen LogP contribution in [-0.2, 0) is 12.8 Å². The Balaban J connectivity index is 2.28. The van der Waals surface area contributed by atoms with Crippen molar-refractivity contribution in [3.8, 4) is 0 Å². The highest BCUT2D eigenvalue weighted by molar-refractivity contribution is 5.36. The summed E-state index contributed by atoms with van der Waals surface area (Å²) in [6, 6.07) is 6.86. The molecule has 0 saturated carbocycles. The van der Waals surface area contributed by atoms with E-state index in [-0.39, 0.29) is 6.04 Å². The third-order valence-electron chi connectivity index (χ3n) is 3.36. The molecule has 2 heteroatoms. The Morgan fingerprint density at radius 1 is 1.50 bits per heavy atom. The van der Waals surface area contributed by atoms with E-state index in [2.05, 4.69) is 30.4 Å². The predicted octanol–water partition coefficient (Wildman–Crippen LogP) is 3.53. The Hall–Kier alpha value is -0.890. The summed E-state index contributed by atoms with van der Waals surface area (Å²) in [7, 11) is 0. The molecule has 0 aliphatic heterocycles. The summed E-state index contributed by atoms with van der Waals surface area (Å²) >= 11 is 0. The van der Waals surface area contributed by atoms with Gasteiger partial charge in [0.15, 0.2) is 0 Å². The zero-order valence-electron chi connectivity index (χ0n) is 10.1. The molecule has 1 aliphatic rings. The second-order valence-corrected chi connectivity index (χ2v) is 4.61. The summed E-state index contributed by atoms with van der Waals surface area (Å²) in [6.45, 7) is 3.72. The van der Waals surface area contributed by atoms with E-state index in [0.717, 1.165) is 25.7 Å². The first kappa shape index (κ1) is 11.6. The second kappa shape index (κ2) is 4.96. The number of nitrogens with one attached hydrogen (secondary N) is 1. The number of benzene rings is 1. The van der Waals surface area contributed by atoms with E-state index < -0.39 is 6.30 Å². The molecular weight excluding hydrogens is 201 g/mol. The summed E-state index contributed by atoms with van der Waals surface area (Å²) in [5.41, 5.74) is 4.05. The molecule has 1 aromatic carbocycles. The van der Waals surface area contributed by atoms with Gasteiger partial charge in [-0.15, -0.1) is 0 Å². The molecule has 2 rings (SSSR count). The molecule has 88 valence electrons. The molecule has 1 nitrogen and oxygen atoms in total. The fourth-order valence-corrected chi connectivity index (χ4v) is 2.52. The Morgan fingerprint density at radius 2 is 2.31 bits per heavy atom. The maximum Gasteiger partial charge on any atom is 0.148 e. The van der Waals surface area contributed by atoms with Crippen molar-refractivity contribution < 1.29 is 4.39 Å². The average Bonchev–Trinajstić information content (AvgIpc) is 2.28. The van der Waals surface area contributed by atoms with Gasteiger partial charge in [0, 0.05) is 6.04 Å². The van der Waals surface area contributed by atoms with Gasteiger partial charge in [0.2, 0.25) is 0 Å².